The predicted octanol–water partition coefficient (Wildman–Crippen LogP) is 2.23. The van der Waals surface area contributed by atoms with Crippen molar-refractivity contribution < 1.29 is 14.3 Å². The third kappa shape index (κ3) is 3.50. The van der Waals surface area contributed by atoms with E-state index in [-0.39, 0.29) is 6.04 Å². The maximum atomic E-state index is 11.8. The molecule has 5 nitrogen and oxygen atoms in total. The van der Waals surface area contributed by atoms with Gasteiger partial charge in [-0.25, -0.2) is 4.79 Å². The van der Waals surface area contributed by atoms with E-state index in [0.29, 0.717) is 12.0 Å². The fraction of sp³-hybridized carbons (Fsp3) is 0.571. The zero-order chi connectivity index (χ0) is 14.9. The molecular weight excluding hydrogens is 276 g/mol. The second-order valence-corrected chi connectivity index (χ2v) is 6.97. The van der Waals surface area contributed by atoms with Crippen LogP contribution in [0.5, 0.6) is 0 Å². The van der Waals surface area contributed by atoms with Crippen molar-refractivity contribution in [3.05, 3.63) is 21.4 Å². The van der Waals surface area contributed by atoms with E-state index in [1.807, 2.05) is 26.2 Å². The quantitative estimate of drug-likeness (QED) is 0.878. The van der Waals surface area contributed by atoms with Crippen molar-refractivity contribution in [1.82, 2.24) is 5.32 Å². The number of rotatable bonds is 2. The standard InChI is InChI=1S/C14H20N2O3S/c1-14(2,3)19-13(18)16-8-4-5-11-9(6-8)10(7-20-11)12(15)17/h7-8H,4-6H2,1-3H3,(H2,15,17)(H,16,18). The molecule has 1 aliphatic rings. The minimum absolute atomic E-state index is 0.00921. The number of aryl methyl sites for hydroxylation is 1. The number of nitrogens with two attached hydrogens (primary N) is 1. The lowest BCUT2D eigenvalue weighted by molar-refractivity contribution is 0.0500. The van der Waals surface area contributed by atoms with Gasteiger partial charge < -0.3 is 15.8 Å². The van der Waals surface area contributed by atoms with Crippen LogP contribution in [0.15, 0.2) is 5.38 Å². The Morgan fingerprint density at radius 3 is 2.75 bits per heavy atom. The Bertz CT molecular complexity index is 531. The first-order valence-corrected chi connectivity index (χ1v) is 7.53. The summed E-state index contributed by atoms with van der Waals surface area (Å²) >= 11 is 1.57. The Morgan fingerprint density at radius 2 is 2.15 bits per heavy atom. The predicted molar refractivity (Wildman–Crippen MR) is 78.0 cm³/mol. The SMILES string of the molecule is CC(C)(C)OC(=O)NC1CCc2scc(C(N)=O)c2C1. The summed E-state index contributed by atoms with van der Waals surface area (Å²) in [5.74, 6) is -0.402. The minimum Gasteiger partial charge on any atom is -0.444 e. The number of thiophene rings is 1. The van der Waals surface area contributed by atoms with E-state index >= 15 is 0 Å². The summed E-state index contributed by atoms with van der Waals surface area (Å²) in [4.78, 5) is 24.3. The zero-order valence-corrected chi connectivity index (χ0v) is 12.8. The minimum atomic E-state index is -0.509. The Hall–Kier alpha value is -1.56. The molecule has 0 saturated carbocycles. The van der Waals surface area contributed by atoms with Crippen LogP contribution in [0, 0.1) is 0 Å². The lowest BCUT2D eigenvalue weighted by atomic mass is 9.91. The van der Waals surface area contributed by atoms with E-state index in [2.05, 4.69) is 5.32 Å². The number of alkyl carbamates (subject to hydrolysis) is 1. The highest BCUT2D eigenvalue weighted by atomic mass is 32.1. The first-order valence-electron chi connectivity index (χ1n) is 6.65. The van der Waals surface area contributed by atoms with Gasteiger partial charge in [0.1, 0.15) is 5.60 Å². The number of fused-ring (bicyclic) bond motifs is 1. The molecule has 0 aromatic carbocycles. The summed E-state index contributed by atoms with van der Waals surface area (Å²) in [6.45, 7) is 5.49. The maximum absolute atomic E-state index is 11.8. The average Bonchev–Trinajstić information content (AvgIpc) is 2.69. The average molecular weight is 296 g/mol. The third-order valence-corrected chi connectivity index (χ3v) is 4.23. The van der Waals surface area contributed by atoms with Gasteiger partial charge in [0.25, 0.3) is 0 Å². The Labute approximate surface area is 122 Å². The number of hydrogen-bond donors (Lipinski definition) is 2. The first-order chi connectivity index (χ1) is 9.26. The molecule has 1 heterocycles. The monoisotopic (exact) mass is 296 g/mol. The molecule has 0 radical (unpaired) electrons. The molecule has 2 amide bonds. The number of primary amides is 1. The van der Waals surface area contributed by atoms with E-state index in [1.54, 1.807) is 11.3 Å². The Morgan fingerprint density at radius 1 is 1.45 bits per heavy atom. The van der Waals surface area contributed by atoms with Crippen LogP contribution in [-0.2, 0) is 17.6 Å². The van der Waals surface area contributed by atoms with Gasteiger partial charge in [0.05, 0.1) is 5.56 Å². The van der Waals surface area contributed by atoms with Crippen molar-refractivity contribution in [1.29, 1.82) is 0 Å². The molecule has 0 saturated heterocycles. The van der Waals surface area contributed by atoms with Gasteiger partial charge in [-0.2, -0.15) is 0 Å². The molecule has 1 atom stereocenters. The van der Waals surface area contributed by atoms with Crippen LogP contribution in [0.2, 0.25) is 0 Å². The van der Waals surface area contributed by atoms with Crippen molar-refractivity contribution in [2.75, 3.05) is 0 Å². The molecule has 20 heavy (non-hydrogen) atoms. The topological polar surface area (TPSA) is 81.4 Å². The van der Waals surface area contributed by atoms with Gasteiger partial charge in [-0.3, -0.25) is 4.79 Å². The van der Waals surface area contributed by atoms with Crippen molar-refractivity contribution >= 4 is 23.3 Å². The van der Waals surface area contributed by atoms with Crippen molar-refractivity contribution in [3.8, 4) is 0 Å². The fourth-order valence-electron chi connectivity index (χ4n) is 2.31. The maximum Gasteiger partial charge on any atom is 0.407 e. The van der Waals surface area contributed by atoms with Crippen molar-refractivity contribution in [2.24, 2.45) is 5.73 Å². The van der Waals surface area contributed by atoms with Gasteiger partial charge in [0.2, 0.25) is 5.91 Å². The third-order valence-electron chi connectivity index (χ3n) is 3.14. The molecule has 110 valence electrons. The van der Waals surface area contributed by atoms with E-state index in [4.69, 9.17) is 10.5 Å². The molecule has 1 aliphatic carbocycles. The summed E-state index contributed by atoms with van der Waals surface area (Å²) in [5.41, 5.74) is 6.42. The lowest BCUT2D eigenvalue weighted by Crippen LogP contribution is -2.42. The van der Waals surface area contributed by atoms with Crippen LogP contribution in [0.3, 0.4) is 0 Å². The summed E-state index contributed by atoms with van der Waals surface area (Å²) in [5, 5.41) is 4.67. The molecule has 0 fully saturated rings. The number of carbonyl (C=O) groups is 2. The van der Waals surface area contributed by atoms with E-state index in [0.717, 1.165) is 18.4 Å². The number of nitrogens with one attached hydrogen (secondary N) is 1. The van der Waals surface area contributed by atoms with Crippen LogP contribution in [0.1, 0.15) is 48.0 Å². The summed E-state index contributed by atoms with van der Waals surface area (Å²) < 4.78 is 5.25. The summed E-state index contributed by atoms with van der Waals surface area (Å²) in [6, 6.07) is -0.00921. The number of amides is 2. The largest absolute Gasteiger partial charge is 0.444 e. The number of ether oxygens (including phenoxy) is 1. The van der Waals surface area contributed by atoms with E-state index in [9.17, 15) is 9.59 Å². The van der Waals surface area contributed by atoms with Gasteiger partial charge in [-0.15, -0.1) is 11.3 Å². The van der Waals surface area contributed by atoms with Gasteiger partial charge in [0.15, 0.2) is 0 Å². The number of hydrogen-bond acceptors (Lipinski definition) is 4. The molecule has 3 N–H and O–H groups in total. The number of carbonyl (C=O) groups excluding carboxylic acids is 2. The Balaban J connectivity index is 2.02. The van der Waals surface area contributed by atoms with Crippen LogP contribution < -0.4 is 11.1 Å². The molecule has 0 spiro atoms. The van der Waals surface area contributed by atoms with Crippen LogP contribution in [0.25, 0.3) is 0 Å². The van der Waals surface area contributed by atoms with Crippen LogP contribution >= 0.6 is 11.3 Å². The lowest BCUT2D eigenvalue weighted by Gasteiger charge is -2.26. The van der Waals surface area contributed by atoms with Gasteiger partial charge in [0, 0.05) is 16.3 Å². The molecule has 0 bridgehead atoms. The molecule has 0 aliphatic heterocycles. The van der Waals surface area contributed by atoms with E-state index in [1.165, 1.54) is 4.88 Å². The van der Waals surface area contributed by atoms with Crippen LogP contribution in [-0.4, -0.2) is 23.6 Å². The van der Waals surface area contributed by atoms with Gasteiger partial charge in [-0.1, -0.05) is 0 Å². The second-order valence-electron chi connectivity index (χ2n) is 6.00. The highest BCUT2D eigenvalue weighted by molar-refractivity contribution is 7.10. The molecule has 6 heteroatoms. The summed E-state index contributed by atoms with van der Waals surface area (Å²) in [6.07, 6.45) is 1.93. The first kappa shape index (κ1) is 14.8. The molecular formula is C14H20N2O3S. The molecule has 1 aromatic heterocycles. The van der Waals surface area contributed by atoms with Crippen LogP contribution in [0.4, 0.5) is 4.79 Å². The smallest absolute Gasteiger partial charge is 0.407 e. The second kappa shape index (κ2) is 5.44. The highest BCUT2D eigenvalue weighted by Crippen LogP contribution is 2.30. The molecule has 1 unspecified atom stereocenters. The molecule has 2 rings (SSSR count). The van der Waals surface area contributed by atoms with E-state index < -0.39 is 17.6 Å². The highest BCUT2D eigenvalue weighted by Gasteiger charge is 2.27. The van der Waals surface area contributed by atoms with Gasteiger partial charge in [-0.05, 0) is 45.6 Å². The van der Waals surface area contributed by atoms with Crippen molar-refractivity contribution in [3.63, 3.8) is 0 Å². The summed E-state index contributed by atoms with van der Waals surface area (Å²) in [7, 11) is 0. The van der Waals surface area contributed by atoms with Crippen molar-refractivity contribution in [2.45, 2.75) is 51.7 Å². The normalized spacial score (nSPS) is 18.2. The molecule has 1 aromatic rings. The fourth-order valence-corrected chi connectivity index (χ4v) is 3.40. The Kier molecular flexibility index (Phi) is 4.04. The van der Waals surface area contributed by atoms with Gasteiger partial charge >= 0.3 is 6.09 Å². The zero-order valence-electron chi connectivity index (χ0n) is 12.0.